The minimum absolute atomic E-state index is 0.179. The number of rotatable bonds is 4. The lowest BCUT2D eigenvalue weighted by molar-refractivity contribution is 0.0920. The largest absolute Gasteiger partial charge is 0.387 e. The molecule has 1 heterocycles. The molecule has 1 aromatic carbocycles. The third-order valence-corrected chi connectivity index (χ3v) is 3.67. The zero-order chi connectivity index (χ0) is 13.0. The summed E-state index contributed by atoms with van der Waals surface area (Å²) in [5, 5.41) is 12.6. The number of benzene rings is 1. The molecule has 3 nitrogen and oxygen atoms in total. The maximum atomic E-state index is 11.7. The molecule has 0 fully saturated rings. The molecule has 0 aliphatic carbocycles. The summed E-state index contributed by atoms with van der Waals surface area (Å²) in [4.78, 5) is 12.3. The van der Waals surface area contributed by atoms with Gasteiger partial charge in [-0.15, -0.1) is 11.3 Å². The Morgan fingerprint density at radius 3 is 2.61 bits per heavy atom. The van der Waals surface area contributed by atoms with E-state index in [2.05, 4.69) is 5.32 Å². The predicted molar refractivity (Wildman–Crippen MR) is 73.1 cm³/mol. The smallest absolute Gasteiger partial charge is 0.261 e. The molecule has 0 saturated carbocycles. The Bertz CT molecular complexity index is 527. The van der Waals surface area contributed by atoms with Gasteiger partial charge in [-0.25, -0.2) is 0 Å². The maximum absolute atomic E-state index is 11.7. The van der Waals surface area contributed by atoms with Crippen LogP contribution in [-0.4, -0.2) is 17.6 Å². The summed E-state index contributed by atoms with van der Waals surface area (Å²) in [6, 6.07) is 12.5. The molecule has 2 rings (SSSR count). The molecule has 5 heteroatoms. The Kier molecular flexibility index (Phi) is 4.36. The number of amides is 1. The van der Waals surface area contributed by atoms with E-state index in [1.807, 2.05) is 30.3 Å². The summed E-state index contributed by atoms with van der Waals surface area (Å²) < 4.78 is 0.573. The molecule has 0 spiro atoms. The van der Waals surface area contributed by atoms with E-state index in [9.17, 15) is 9.90 Å². The molecule has 1 atom stereocenters. The van der Waals surface area contributed by atoms with Crippen LogP contribution < -0.4 is 5.32 Å². The molecule has 0 aliphatic heterocycles. The monoisotopic (exact) mass is 281 g/mol. The van der Waals surface area contributed by atoms with Gasteiger partial charge in [0.1, 0.15) is 0 Å². The number of nitrogens with one attached hydrogen (secondary N) is 1. The highest BCUT2D eigenvalue weighted by Crippen LogP contribution is 2.21. The van der Waals surface area contributed by atoms with E-state index in [4.69, 9.17) is 11.6 Å². The van der Waals surface area contributed by atoms with Crippen LogP contribution in [0.4, 0.5) is 0 Å². The molecule has 18 heavy (non-hydrogen) atoms. The lowest BCUT2D eigenvalue weighted by Crippen LogP contribution is -2.27. The Hall–Kier alpha value is -1.36. The van der Waals surface area contributed by atoms with Gasteiger partial charge in [0, 0.05) is 6.54 Å². The van der Waals surface area contributed by atoms with Gasteiger partial charge < -0.3 is 10.4 Å². The first-order valence-corrected chi connectivity index (χ1v) is 6.63. The van der Waals surface area contributed by atoms with E-state index in [0.29, 0.717) is 9.21 Å². The van der Waals surface area contributed by atoms with E-state index < -0.39 is 6.10 Å². The molecule has 1 aromatic heterocycles. The van der Waals surface area contributed by atoms with Crippen LogP contribution in [0, 0.1) is 0 Å². The lowest BCUT2D eigenvalue weighted by Gasteiger charge is -2.11. The van der Waals surface area contributed by atoms with Crippen molar-refractivity contribution in [3.8, 4) is 0 Å². The molecule has 0 bridgehead atoms. The van der Waals surface area contributed by atoms with Crippen molar-refractivity contribution < 1.29 is 9.90 Å². The fourth-order valence-corrected chi connectivity index (χ4v) is 2.47. The Balaban J connectivity index is 1.90. The molecule has 0 radical (unpaired) electrons. The average molecular weight is 282 g/mol. The number of carbonyl (C=O) groups excluding carboxylic acids is 1. The fraction of sp³-hybridized carbons (Fsp3) is 0.154. The number of thiophene rings is 1. The first-order valence-electron chi connectivity index (χ1n) is 5.43. The van der Waals surface area contributed by atoms with Gasteiger partial charge in [-0.2, -0.15) is 0 Å². The highest BCUT2D eigenvalue weighted by Gasteiger charge is 2.11. The predicted octanol–water partition coefficient (Wildman–Crippen LogP) is 2.86. The zero-order valence-corrected chi connectivity index (χ0v) is 11.0. The van der Waals surface area contributed by atoms with Crippen LogP contribution >= 0.6 is 22.9 Å². The Morgan fingerprint density at radius 2 is 2.00 bits per heavy atom. The molecule has 2 aromatic rings. The van der Waals surface area contributed by atoms with Gasteiger partial charge >= 0.3 is 0 Å². The third-order valence-electron chi connectivity index (χ3n) is 2.44. The van der Waals surface area contributed by atoms with Gasteiger partial charge in [0.25, 0.3) is 5.91 Å². The number of carbonyl (C=O) groups is 1. The van der Waals surface area contributed by atoms with Gasteiger partial charge in [0.2, 0.25) is 0 Å². The number of halogens is 1. The van der Waals surface area contributed by atoms with E-state index in [0.717, 1.165) is 5.56 Å². The molecule has 94 valence electrons. The van der Waals surface area contributed by atoms with Crippen molar-refractivity contribution in [3.63, 3.8) is 0 Å². The quantitative estimate of drug-likeness (QED) is 0.905. The summed E-state index contributed by atoms with van der Waals surface area (Å²) in [5.74, 6) is -0.220. The Morgan fingerprint density at radius 1 is 1.28 bits per heavy atom. The first kappa shape index (κ1) is 13.1. The number of hydrogen-bond donors (Lipinski definition) is 2. The standard InChI is InChI=1S/C13H12ClNO2S/c14-12-7-6-11(18-12)13(17)15-8-10(16)9-4-2-1-3-5-9/h1-7,10,16H,8H2,(H,15,17). The van der Waals surface area contributed by atoms with Crippen LogP contribution in [0.3, 0.4) is 0 Å². The summed E-state index contributed by atoms with van der Waals surface area (Å²) >= 11 is 6.97. The van der Waals surface area contributed by atoms with Crippen LogP contribution in [-0.2, 0) is 0 Å². The highest BCUT2D eigenvalue weighted by atomic mass is 35.5. The number of hydrogen-bond acceptors (Lipinski definition) is 3. The SMILES string of the molecule is O=C(NCC(O)c1ccccc1)c1ccc(Cl)s1. The minimum Gasteiger partial charge on any atom is -0.387 e. The van der Waals surface area contributed by atoms with Gasteiger partial charge in [0.15, 0.2) is 0 Å². The minimum atomic E-state index is -0.703. The average Bonchev–Trinajstić information content (AvgIpc) is 2.83. The van der Waals surface area contributed by atoms with Gasteiger partial charge in [-0.05, 0) is 17.7 Å². The van der Waals surface area contributed by atoms with Crippen molar-refractivity contribution in [2.24, 2.45) is 0 Å². The van der Waals surface area contributed by atoms with Crippen molar-refractivity contribution in [3.05, 3.63) is 57.2 Å². The molecule has 1 amide bonds. The van der Waals surface area contributed by atoms with Crippen molar-refractivity contribution in [1.29, 1.82) is 0 Å². The summed E-state index contributed by atoms with van der Waals surface area (Å²) in [5.41, 5.74) is 0.780. The second kappa shape index (κ2) is 6.00. The molecule has 0 saturated heterocycles. The van der Waals surface area contributed by atoms with Crippen molar-refractivity contribution >= 4 is 28.8 Å². The molecule has 2 N–H and O–H groups in total. The van der Waals surface area contributed by atoms with E-state index in [1.54, 1.807) is 12.1 Å². The van der Waals surface area contributed by atoms with Crippen molar-refractivity contribution in [2.75, 3.05) is 6.54 Å². The van der Waals surface area contributed by atoms with Crippen LogP contribution in [0.15, 0.2) is 42.5 Å². The highest BCUT2D eigenvalue weighted by molar-refractivity contribution is 7.17. The summed E-state index contributed by atoms with van der Waals surface area (Å²) in [6.07, 6.45) is -0.703. The summed E-state index contributed by atoms with van der Waals surface area (Å²) in [6.45, 7) is 0.179. The molecule has 0 aliphatic rings. The van der Waals surface area contributed by atoms with E-state index >= 15 is 0 Å². The number of aliphatic hydroxyl groups is 1. The fourth-order valence-electron chi connectivity index (χ4n) is 1.51. The van der Waals surface area contributed by atoms with E-state index in [-0.39, 0.29) is 12.5 Å². The lowest BCUT2D eigenvalue weighted by atomic mass is 10.1. The maximum Gasteiger partial charge on any atom is 0.261 e. The van der Waals surface area contributed by atoms with E-state index in [1.165, 1.54) is 11.3 Å². The van der Waals surface area contributed by atoms with Gasteiger partial charge in [-0.1, -0.05) is 41.9 Å². The second-order valence-electron chi connectivity index (χ2n) is 3.74. The normalized spacial score (nSPS) is 12.1. The van der Waals surface area contributed by atoms with Crippen LogP contribution in [0.2, 0.25) is 4.34 Å². The van der Waals surface area contributed by atoms with Gasteiger partial charge in [-0.3, -0.25) is 4.79 Å². The topological polar surface area (TPSA) is 49.3 Å². The van der Waals surface area contributed by atoms with Crippen LogP contribution in [0.1, 0.15) is 21.3 Å². The zero-order valence-electron chi connectivity index (χ0n) is 9.47. The van der Waals surface area contributed by atoms with Crippen LogP contribution in [0.25, 0.3) is 0 Å². The van der Waals surface area contributed by atoms with Crippen molar-refractivity contribution in [2.45, 2.75) is 6.10 Å². The number of aliphatic hydroxyl groups excluding tert-OH is 1. The van der Waals surface area contributed by atoms with Gasteiger partial charge in [0.05, 0.1) is 15.3 Å². The summed E-state index contributed by atoms with van der Waals surface area (Å²) in [7, 11) is 0. The molecular formula is C13H12ClNO2S. The second-order valence-corrected chi connectivity index (χ2v) is 5.46. The third kappa shape index (κ3) is 3.32. The molecule has 1 unspecified atom stereocenters. The first-order chi connectivity index (χ1) is 8.66. The Labute approximate surface area is 114 Å². The van der Waals surface area contributed by atoms with Crippen LogP contribution in [0.5, 0.6) is 0 Å². The molecular weight excluding hydrogens is 270 g/mol. The van der Waals surface area contributed by atoms with Crippen molar-refractivity contribution in [1.82, 2.24) is 5.32 Å².